The Morgan fingerprint density at radius 1 is 1.29 bits per heavy atom. The Kier molecular flexibility index (Phi) is 4.82. The first-order valence-electron chi connectivity index (χ1n) is 8.23. The largest absolute Gasteiger partial charge is 0.364 e. The standard InChI is InChI=1S/C19H20N4O/c1-2-14-8-9-18-16(12-14)17(21-22-20)10-11-23(18)13-19(24)15-6-4-3-5-7-15/h3-9,12,17H,2,10-11,13H2,1H3. The quantitative estimate of drug-likeness (QED) is 0.347. The molecule has 0 saturated carbocycles. The number of benzene rings is 2. The van der Waals surface area contributed by atoms with Crippen LogP contribution in [0.4, 0.5) is 5.69 Å². The monoisotopic (exact) mass is 320 g/mol. The van der Waals surface area contributed by atoms with Crippen molar-refractivity contribution in [3.63, 3.8) is 0 Å². The van der Waals surface area contributed by atoms with E-state index < -0.39 is 0 Å². The molecule has 0 bridgehead atoms. The fraction of sp³-hybridized carbons (Fsp3) is 0.316. The molecule has 1 unspecified atom stereocenters. The first-order chi connectivity index (χ1) is 11.7. The molecule has 1 aliphatic rings. The second-order valence-corrected chi connectivity index (χ2v) is 5.97. The third-order valence-corrected chi connectivity index (χ3v) is 4.49. The number of hydrogen-bond acceptors (Lipinski definition) is 3. The highest BCUT2D eigenvalue weighted by atomic mass is 16.1. The SMILES string of the molecule is CCc1ccc2c(c1)C(N=[N+]=[N-])CCN2CC(=O)c1ccccc1. The van der Waals surface area contributed by atoms with Gasteiger partial charge in [-0.25, -0.2) is 0 Å². The molecule has 0 N–H and O–H groups in total. The minimum Gasteiger partial charge on any atom is -0.364 e. The van der Waals surface area contributed by atoms with E-state index in [9.17, 15) is 4.79 Å². The fourth-order valence-electron chi connectivity index (χ4n) is 3.17. The van der Waals surface area contributed by atoms with E-state index in [4.69, 9.17) is 5.53 Å². The lowest BCUT2D eigenvalue weighted by Crippen LogP contribution is -2.35. The summed E-state index contributed by atoms with van der Waals surface area (Å²) in [4.78, 5) is 17.6. The summed E-state index contributed by atoms with van der Waals surface area (Å²) in [6.07, 6.45) is 1.66. The maximum absolute atomic E-state index is 12.5. The van der Waals surface area contributed by atoms with Crippen LogP contribution in [0.1, 0.15) is 40.9 Å². The van der Waals surface area contributed by atoms with Crippen molar-refractivity contribution in [2.75, 3.05) is 18.0 Å². The Balaban J connectivity index is 1.89. The van der Waals surface area contributed by atoms with Crippen molar-refractivity contribution in [3.8, 4) is 0 Å². The summed E-state index contributed by atoms with van der Waals surface area (Å²) < 4.78 is 0. The van der Waals surface area contributed by atoms with Crippen molar-refractivity contribution >= 4 is 11.5 Å². The first-order valence-corrected chi connectivity index (χ1v) is 8.23. The van der Waals surface area contributed by atoms with E-state index in [1.807, 2.05) is 36.4 Å². The number of rotatable bonds is 5. The van der Waals surface area contributed by atoms with Gasteiger partial charge in [-0.2, -0.15) is 0 Å². The zero-order valence-corrected chi connectivity index (χ0v) is 13.7. The van der Waals surface area contributed by atoms with Crippen molar-refractivity contribution in [2.24, 2.45) is 5.11 Å². The molecule has 1 aliphatic heterocycles. The zero-order valence-electron chi connectivity index (χ0n) is 13.7. The second-order valence-electron chi connectivity index (χ2n) is 5.97. The molecule has 0 aliphatic carbocycles. The highest BCUT2D eigenvalue weighted by Crippen LogP contribution is 2.37. The molecular weight excluding hydrogens is 300 g/mol. The highest BCUT2D eigenvalue weighted by Gasteiger charge is 2.26. The van der Waals surface area contributed by atoms with E-state index in [1.54, 1.807) is 0 Å². The Labute approximate surface area is 141 Å². The average molecular weight is 320 g/mol. The summed E-state index contributed by atoms with van der Waals surface area (Å²) in [5.41, 5.74) is 12.8. The van der Waals surface area contributed by atoms with Gasteiger partial charge in [0, 0.05) is 22.7 Å². The van der Waals surface area contributed by atoms with Crippen LogP contribution in [-0.4, -0.2) is 18.9 Å². The van der Waals surface area contributed by atoms with Gasteiger partial charge in [0.05, 0.1) is 12.6 Å². The Bertz CT molecular complexity index is 781. The zero-order chi connectivity index (χ0) is 16.9. The number of carbonyl (C=O) groups is 1. The van der Waals surface area contributed by atoms with Crippen LogP contribution in [0.25, 0.3) is 10.4 Å². The van der Waals surface area contributed by atoms with Gasteiger partial charge >= 0.3 is 0 Å². The molecule has 0 fully saturated rings. The van der Waals surface area contributed by atoms with Crippen molar-refractivity contribution in [1.82, 2.24) is 0 Å². The second kappa shape index (κ2) is 7.20. The molecule has 2 aromatic carbocycles. The van der Waals surface area contributed by atoms with E-state index in [0.717, 1.165) is 29.7 Å². The maximum atomic E-state index is 12.5. The lowest BCUT2D eigenvalue weighted by Gasteiger charge is -2.34. The van der Waals surface area contributed by atoms with E-state index in [2.05, 4.69) is 34.0 Å². The number of hydrogen-bond donors (Lipinski definition) is 0. The molecule has 1 atom stereocenters. The summed E-state index contributed by atoms with van der Waals surface area (Å²) in [5.74, 6) is 0.100. The fourth-order valence-corrected chi connectivity index (χ4v) is 3.17. The van der Waals surface area contributed by atoms with E-state index in [0.29, 0.717) is 13.1 Å². The summed E-state index contributed by atoms with van der Waals surface area (Å²) in [6.45, 7) is 3.15. The number of aryl methyl sites for hydroxylation is 1. The van der Waals surface area contributed by atoms with Gasteiger partial charge < -0.3 is 4.90 Å². The molecule has 24 heavy (non-hydrogen) atoms. The van der Waals surface area contributed by atoms with Gasteiger partial charge in [-0.15, -0.1) is 0 Å². The summed E-state index contributed by atoms with van der Waals surface area (Å²) >= 11 is 0. The van der Waals surface area contributed by atoms with Crippen LogP contribution in [0.15, 0.2) is 53.6 Å². The maximum Gasteiger partial charge on any atom is 0.182 e. The van der Waals surface area contributed by atoms with Crippen LogP contribution in [0.5, 0.6) is 0 Å². The molecule has 122 valence electrons. The Morgan fingerprint density at radius 3 is 2.79 bits per heavy atom. The van der Waals surface area contributed by atoms with Gasteiger partial charge in [-0.1, -0.05) is 54.5 Å². The predicted molar refractivity (Wildman–Crippen MR) is 95.3 cm³/mol. The molecule has 0 spiro atoms. The van der Waals surface area contributed by atoms with Crippen LogP contribution in [0.3, 0.4) is 0 Å². The molecule has 5 nitrogen and oxygen atoms in total. The topological polar surface area (TPSA) is 69.1 Å². The lowest BCUT2D eigenvalue weighted by atomic mass is 9.94. The Morgan fingerprint density at radius 2 is 2.08 bits per heavy atom. The molecule has 0 radical (unpaired) electrons. The number of ketones is 1. The molecule has 0 saturated heterocycles. The molecule has 1 heterocycles. The van der Waals surface area contributed by atoms with Gasteiger partial charge in [0.15, 0.2) is 5.78 Å². The van der Waals surface area contributed by atoms with Crippen LogP contribution in [0.2, 0.25) is 0 Å². The summed E-state index contributed by atoms with van der Waals surface area (Å²) in [6, 6.07) is 15.4. The minimum atomic E-state index is -0.153. The van der Waals surface area contributed by atoms with Gasteiger partial charge in [-0.3, -0.25) is 4.79 Å². The summed E-state index contributed by atoms with van der Waals surface area (Å²) in [5, 5.41) is 3.94. The van der Waals surface area contributed by atoms with Gasteiger partial charge in [0.2, 0.25) is 0 Å². The van der Waals surface area contributed by atoms with Crippen molar-refractivity contribution < 1.29 is 4.79 Å². The van der Waals surface area contributed by atoms with Crippen molar-refractivity contribution in [3.05, 3.63) is 75.7 Å². The predicted octanol–water partition coefficient (Wildman–Crippen LogP) is 4.69. The lowest BCUT2D eigenvalue weighted by molar-refractivity contribution is 0.0998. The molecule has 3 rings (SSSR count). The number of nitrogens with zero attached hydrogens (tertiary/aromatic N) is 4. The molecular formula is C19H20N4O. The number of carbonyl (C=O) groups excluding carboxylic acids is 1. The van der Waals surface area contributed by atoms with Crippen LogP contribution < -0.4 is 4.90 Å². The van der Waals surface area contributed by atoms with E-state index in [-0.39, 0.29) is 11.8 Å². The first kappa shape index (κ1) is 16.1. The van der Waals surface area contributed by atoms with Crippen molar-refractivity contribution in [1.29, 1.82) is 0 Å². The minimum absolute atomic E-state index is 0.100. The Hall–Kier alpha value is -2.78. The van der Waals surface area contributed by atoms with Crippen LogP contribution >= 0.6 is 0 Å². The normalized spacial score (nSPS) is 16.2. The molecule has 0 amide bonds. The average Bonchev–Trinajstić information content (AvgIpc) is 2.64. The molecule has 5 heteroatoms. The number of azide groups is 1. The van der Waals surface area contributed by atoms with Gasteiger partial charge in [-0.05, 0) is 35.6 Å². The highest BCUT2D eigenvalue weighted by molar-refractivity contribution is 5.99. The van der Waals surface area contributed by atoms with Crippen LogP contribution in [0, 0.1) is 0 Å². The van der Waals surface area contributed by atoms with Crippen LogP contribution in [-0.2, 0) is 6.42 Å². The smallest absolute Gasteiger partial charge is 0.182 e. The molecule has 0 aromatic heterocycles. The van der Waals surface area contributed by atoms with E-state index >= 15 is 0 Å². The number of Topliss-reactive ketones (excluding diaryl/α,β-unsaturated/α-hetero) is 1. The van der Waals surface area contributed by atoms with Crippen molar-refractivity contribution in [2.45, 2.75) is 25.8 Å². The van der Waals surface area contributed by atoms with E-state index in [1.165, 1.54) is 5.56 Å². The summed E-state index contributed by atoms with van der Waals surface area (Å²) in [7, 11) is 0. The number of anilines is 1. The third kappa shape index (κ3) is 3.26. The third-order valence-electron chi connectivity index (χ3n) is 4.49. The molecule has 2 aromatic rings. The van der Waals surface area contributed by atoms with Gasteiger partial charge in [0.25, 0.3) is 0 Å². The number of fused-ring (bicyclic) bond motifs is 1. The van der Waals surface area contributed by atoms with Gasteiger partial charge in [0.1, 0.15) is 0 Å².